The van der Waals surface area contributed by atoms with Gasteiger partial charge < -0.3 is 18.9 Å². The van der Waals surface area contributed by atoms with Gasteiger partial charge in [-0.15, -0.1) is 0 Å². The SMILES string of the molecule is COC(=O)[C@@H]1CCCN1c1cccc(B2OC(C)(C)C(C)(C)O2)c1. The number of benzene rings is 1. The number of carbonyl (C=O) groups excluding carboxylic acids is 1. The molecule has 0 radical (unpaired) electrons. The highest BCUT2D eigenvalue weighted by Gasteiger charge is 2.51. The summed E-state index contributed by atoms with van der Waals surface area (Å²) in [4.78, 5) is 14.1. The Hall–Kier alpha value is -1.53. The number of anilines is 1. The topological polar surface area (TPSA) is 48.0 Å². The predicted molar refractivity (Wildman–Crippen MR) is 94.5 cm³/mol. The summed E-state index contributed by atoms with van der Waals surface area (Å²) in [6, 6.07) is 7.87. The van der Waals surface area contributed by atoms with Crippen LogP contribution in [0, 0.1) is 0 Å². The maximum Gasteiger partial charge on any atom is 0.494 e. The molecule has 0 unspecified atom stereocenters. The van der Waals surface area contributed by atoms with E-state index in [9.17, 15) is 4.79 Å². The van der Waals surface area contributed by atoms with Gasteiger partial charge in [-0.1, -0.05) is 12.1 Å². The van der Waals surface area contributed by atoms with Gasteiger partial charge in [0.05, 0.1) is 18.3 Å². The van der Waals surface area contributed by atoms with Gasteiger partial charge in [-0.2, -0.15) is 0 Å². The number of ether oxygens (including phenoxy) is 1. The Morgan fingerprint density at radius 2 is 1.92 bits per heavy atom. The Balaban J connectivity index is 1.84. The largest absolute Gasteiger partial charge is 0.494 e. The quantitative estimate of drug-likeness (QED) is 0.627. The minimum atomic E-state index is -0.394. The number of carbonyl (C=O) groups is 1. The third kappa shape index (κ3) is 2.93. The fraction of sp³-hybridized carbons (Fsp3) is 0.611. The molecular formula is C18H26BNO4. The van der Waals surface area contributed by atoms with Crippen LogP contribution in [-0.2, 0) is 18.8 Å². The molecule has 0 N–H and O–H groups in total. The summed E-state index contributed by atoms with van der Waals surface area (Å²) in [6.45, 7) is 9.04. The zero-order valence-corrected chi connectivity index (χ0v) is 15.2. The molecule has 1 atom stereocenters. The van der Waals surface area contributed by atoms with E-state index in [0.29, 0.717) is 0 Å². The molecule has 2 heterocycles. The molecule has 2 saturated heterocycles. The molecule has 2 aliphatic heterocycles. The van der Waals surface area contributed by atoms with E-state index < -0.39 is 7.12 Å². The van der Waals surface area contributed by atoms with Gasteiger partial charge in [0.1, 0.15) is 6.04 Å². The van der Waals surface area contributed by atoms with Crippen molar-refractivity contribution in [2.45, 2.75) is 57.8 Å². The van der Waals surface area contributed by atoms with Gasteiger partial charge in [-0.3, -0.25) is 0 Å². The van der Waals surface area contributed by atoms with Gasteiger partial charge in [0.15, 0.2) is 0 Å². The van der Waals surface area contributed by atoms with Crippen molar-refractivity contribution in [2.24, 2.45) is 0 Å². The molecule has 1 aromatic rings. The second-order valence-electron chi connectivity index (χ2n) is 7.56. The second-order valence-corrected chi connectivity index (χ2v) is 7.56. The van der Waals surface area contributed by atoms with Crippen LogP contribution in [0.3, 0.4) is 0 Å². The van der Waals surface area contributed by atoms with Crippen molar-refractivity contribution >= 4 is 24.2 Å². The van der Waals surface area contributed by atoms with Crippen molar-refractivity contribution in [2.75, 3.05) is 18.6 Å². The van der Waals surface area contributed by atoms with Crippen molar-refractivity contribution in [1.82, 2.24) is 0 Å². The average molecular weight is 331 g/mol. The first-order valence-electron chi connectivity index (χ1n) is 8.55. The monoisotopic (exact) mass is 331 g/mol. The summed E-state index contributed by atoms with van der Waals surface area (Å²) in [7, 11) is 1.05. The van der Waals surface area contributed by atoms with E-state index >= 15 is 0 Å². The van der Waals surface area contributed by atoms with Crippen LogP contribution in [0.1, 0.15) is 40.5 Å². The molecule has 24 heavy (non-hydrogen) atoms. The highest BCUT2D eigenvalue weighted by molar-refractivity contribution is 6.62. The molecule has 2 aliphatic rings. The van der Waals surface area contributed by atoms with Crippen LogP contribution in [0.15, 0.2) is 24.3 Å². The normalized spacial score (nSPS) is 25.1. The molecule has 0 bridgehead atoms. The minimum absolute atomic E-state index is 0.173. The number of hydrogen-bond donors (Lipinski definition) is 0. The molecule has 2 fully saturated rings. The summed E-state index contributed by atoms with van der Waals surface area (Å²) >= 11 is 0. The number of hydrogen-bond acceptors (Lipinski definition) is 5. The van der Waals surface area contributed by atoms with E-state index in [1.165, 1.54) is 7.11 Å². The third-order valence-electron chi connectivity index (χ3n) is 5.45. The zero-order valence-electron chi connectivity index (χ0n) is 15.2. The fourth-order valence-electron chi connectivity index (χ4n) is 3.29. The molecule has 0 amide bonds. The van der Waals surface area contributed by atoms with Crippen LogP contribution < -0.4 is 10.4 Å². The maximum atomic E-state index is 12.0. The number of nitrogens with zero attached hydrogens (tertiary/aromatic N) is 1. The Bertz CT molecular complexity index is 615. The molecule has 130 valence electrons. The van der Waals surface area contributed by atoms with Crippen LogP contribution in [0.25, 0.3) is 0 Å². The first kappa shape index (κ1) is 17.3. The van der Waals surface area contributed by atoms with Crippen LogP contribution in [0.4, 0.5) is 5.69 Å². The summed E-state index contributed by atoms with van der Waals surface area (Å²) < 4.78 is 17.2. The lowest BCUT2D eigenvalue weighted by atomic mass is 9.79. The predicted octanol–water partition coefficient (Wildman–Crippen LogP) is 2.13. The number of methoxy groups -OCH3 is 1. The summed E-state index contributed by atoms with van der Waals surface area (Å²) in [5, 5.41) is 0. The lowest BCUT2D eigenvalue weighted by molar-refractivity contribution is -0.141. The Morgan fingerprint density at radius 1 is 1.25 bits per heavy atom. The molecule has 1 aromatic carbocycles. The maximum absolute atomic E-state index is 12.0. The van der Waals surface area contributed by atoms with Gasteiger partial charge in [0.2, 0.25) is 0 Å². The zero-order chi connectivity index (χ0) is 17.5. The number of esters is 1. The lowest BCUT2D eigenvalue weighted by Crippen LogP contribution is -2.41. The van der Waals surface area contributed by atoms with Gasteiger partial charge >= 0.3 is 13.1 Å². The van der Waals surface area contributed by atoms with Crippen LogP contribution >= 0.6 is 0 Å². The summed E-state index contributed by atoms with van der Waals surface area (Å²) in [5.41, 5.74) is 1.25. The average Bonchev–Trinajstić information content (AvgIpc) is 3.10. The van der Waals surface area contributed by atoms with Crippen LogP contribution in [0.5, 0.6) is 0 Å². The highest BCUT2D eigenvalue weighted by atomic mass is 16.7. The minimum Gasteiger partial charge on any atom is -0.467 e. The molecule has 0 spiro atoms. The van der Waals surface area contributed by atoms with Gasteiger partial charge in [0.25, 0.3) is 0 Å². The first-order valence-corrected chi connectivity index (χ1v) is 8.55. The van der Waals surface area contributed by atoms with Crippen LogP contribution in [-0.4, -0.2) is 44.0 Å². The Labute approximate surface area is 144 Å². The standard InChI is InChI=1S/C18H26BNO4/c1-17(2)18(3,4)24-19(23-17)13-8-6-9-14(12-13)20-11-7-10-15(20)16(21)22-5/h6,8-9,12,15H,7,10-11H2,1-5H3/t15-/m0/s1. The summed E-state index contributed by atoms with van der Waals surface area (Å²) in [5.74, 6) is -0.173. The number of rotatable bonds is 3. The van der Waals surface area contributed by atoms with Crippen molar-refractivity contribution in [3.8, 4) is 0 Å². The van der Waals surface area contributed by atoms with Crippen molar-refractivity contribution in [3.05, 3.63) is 24.3 Å². The second kappa shape index (κ2) is 6.08. The molecular weight excluding hydrogens is 305 g/mol. The van der Waals surface area contributed by atoms with Crippen molar-refractivity contribution < 1.29 is 18.8 Å². The third-order valence-corrected chi connectivity index (χ3v) is 5.45. The Morgan fingerprint density at radius 3 is 2.54 bits per heavy atom. The van der Waals surface area contributed by atoms with Crippen molar-refractivity contribution in [3.63, 3.8) is 0 Å². The van der Waals surface area contributed by atoms with Gasteiger partial charge in [-0.25, -0.2) is 4.79 Å². The summed E-state index contributed by atoms with van der Waals surface area (Å²) in [6.07, 6.45) is 1.81. The van der Waals surface area contributed by atoms with Gasteiger partial charge in [-0.05, 0) is 58.1 Å². The van der Waals surface area contributed by atoms with E-state index in [2.05, 4.69) is 11.0 Å². The molecule has 0 aromatic heterocycles. The van der Waals surface area contributed by atoms with E-state index in [1.54, 1.807) is 0 Å². The van der Waals surface area contributed by atoms with Gasteiger partial charge in [0, 0.05) is 12.2 Å². The smallest absolute Gasteiger partial charge is 0.467 e. The fourth-order valence-corrected chi connectivity index (χ4v) is 3.29. The Kier molecular flexibility index (Phi) is 4.38. The van der Waals surface area contributed by atoms with E-state index in [-0.39, 0.29) is 23.2 Å². The molecule has 0 saturated carbocycles. The molecule has 3 rings (SSSR count). The molecule has 6 heteroatoms. The lowest BCUT2D eigenvalue weighted by Gasteiger charge is -2.32. The first-order chi connectivity index (χ1) is 11.2. The van der Waals surface area contributed by atoms with Crippen molar-refractivity contribution in [1.29, 1.82) is 0 Å². The highest BCUT2D eigenvalue weighted by Crippen LogP contribution is 2.36. The van der Waals surface area contributed by atoms with E-state index in [4.69, 9.17) is 14.0 Å². The molecule has 5 nitrogen and oxygen atoms in total. The van der Waals surface area contributed by atoms with E-state index in [1.807, 2.05) is 45.9 Å². The van der Waals surface area contributed by atoms with E-state index in [0.717, 1.165) is 30.5 Å². The van der Waals surface area contributed by atoms with Crippen LogP contribution in [0.2, 0.25) is 0 Å². The molecule has 0 aliphatic carbocycles.